The highest BCUT2D eigenvalue weighted by atomic mass is 32.2. The van der Waals surface area contributed by atoms with Gasteiger partial charge < -0.3 is 15.4 Å². The molecule has 144 valence electrons. The van der Waals surface area contributed by atoms with Gasteiger partial charge in [-0.1, -0.05) is 17.7 Å². The van der Waals surface area contributed by atoms with E-state index in [4.69, 9.17) is 4.74 Å². The molecule has 0 saturated carbocycles. The maximum absolute atomic E-state index is 12.7. The number of aryl methyl sites for hydroxylation is 1. The van der Waals surface area contributed by atoms with Gasteiger partial charge in [0.1, 0.15) is 11.8 Å². The van der Waals surface area contributed by atoms with Crippen molar-refractivity contribution in [1.82, 2.24) is 5.32 Å². The van der Waals surface area contributed by atoms with Crippen LogP contribution in [0, 0.1) is 6.92 Å². The molecule has 0 aliphatic heterocycles. The van der Waals surface area contributed by atoms with Gasteiger partial charge in [-0.3, -0.25) is 9.59 Å². The first-order chi connectivity index (χ1) is 13.0. The number of anilines is 1. The lowest BCUT2D eigenvalue weighted by atomic mass is 10.1. The predicted molar refractivity (Wildman–Crippen MR) is 112 cm³/mol. The molecule has 0 bridgehead atoms. The lowest BCUT2D eigenvalue weighted by Gasteiger charge is -2.18. The first kappa shape index (κ1) is 20.8. The molecular weight excluding hydrogens is 360 g/mol. The zero-order chi connectivity index (χ0) is 19.6. The van der Waals surface area contributed by atoms with Crippen LogP contribution in [0.5, 0.6) is 5.75 Å². The van der Waals surface area contributed by atoms with Crippen molar-refractivity contribution in [1.29, 1.82) is 0 Å². The van der Waals surface area contributed by atoms with E-state index < -0.39 is 6.04 Å². The monoisotopic (exact) mass is 386 g/mol. The summed E-state index contributed by atoms with van der Waals surface area (Å²) < 4.78 is 5.40. The van der Waals surface area contributed by atoms with Gasteiger partial charge in [-0.05, 0) is 68.7 Å². The Hall–Kier alpha value is -2.47. The minimum Gasteiger partial charge on any atom is -0.494 e. The average molecular weight is 387 g/mol. The van der Waals surface area contributed by atoms with Crippen molar-refractivity contribution in [2.75, 3.05) is 23.9 Å². The second-order valence-corrected chi connectivity index (χ2v) is 7.11. The van der Waals surface area contributed by atoms with Gasteiger partial charge in [-0.15, -0.1) is 0 Å². The molecule has 2 rings (SSSR count). The Bertz CT molecular complexity index is 745. The summed E-state index contributed by atoms with van der Waals surface area (Å²) in [5.74, 6) is 1.05. The molecule has 0 spiro atoms. The zero-order valence-electron chi connectivity index (χ0n) is 16.0. The van der Waals surface area contributed by atoms with E-state index in [1.54, 1.807) is 48.2 Å². The molecule has 6 heteroatoms. The van der Waals surface area contributed by atoms with Crippen LogP contribution in [0.2, 0.25) is 0 Å². The first-order valence-electron chi connectivity index (χ1n) is 8.93. The van der Waals surface area contributed by atoms with Crippen molar-refractivity contribution in [2.24, 2.45) is 0 Å². The van der Waals surface area contributed by atoms with E-state index in [1.807, 2.05) is 32.2 Å². The SMILES string of the molecule is CCOc1ccc(NC(=O)C(CCSC)NC(=O)c2ccc(C)cc2)cc1. The molecule has 0 radical (unpaired) electrons. The molecule has 2 aromatic rings. The number of amides is 2. The van der Waals surface area contributed by atoms with Crippen LogP contribution in [0.15, 0.2) is 48.5 Å². The van der Waals surface area contributed by atoms with Crippen LogP contribution >= 0.6 is 11.8 Å². The van der Waals surface area contributed by atoms with Crippen LogP contribution in [0.3, 0.4) is 0 Å². The average Bonchev–Trinajstić information content (AvgIpc) is 2.67. The van der Waals surface area contributed by atoms with Crippen LogP contribution < -0.4 is 15.4 Å². The summed E-state index contributed by atoms with van der Waals surface area (Å²) in [5, 5.41) is 5.72. The Morgan fingerprint density at radius 1 is 1.07 bits per heavy atom. The van der Waals surface area contributed by atoms with Crippen LogP contribution in [0.1, 0.15) is 29.3 Å². The molecule has 2 N–H and O–H groups in total. The number of ether oxygens (including phenoxy) is 1. The van der Waals surface area contributed by atoms with Gasteiger partial charge in [0.2, 0.25) is 5.91 Å². The summed E-state index contributed by atoms with van der Waals surface area (Å²) in [4.78, 5) is 25.2. The molecule has 0 aromatic heterocycles. The number of rotatable bonds is 9. The van der Waals surface area contributed by atoms with Gasteiger partial charge in [0, 0.05) is 11.3 Å². The van der Waals surface area contributed by atoms with Gasteiger partial charge in [-0.25, -0.2) is 0 Å². The fourth-order valence-electron chi connectivity index (χ4n) is 2.48. The normalized spacial score (nSPS) is 11.5. The van der Waals surface area contributed by atoms with Crippen molar-refractivity contribution in [3.05, 3.63) is 59.7 Å². The third-order valence-corrected chi connectivity index (χ3v) is 4.62. The molecular formula is C21H26N2O3S. The van der Waals surface area contributed by atoms with Gasteiger partial charge in [0.25, 0.3) is 5.91 Å². The molecule has 0 saturated heterocycles. The van der Waals surface area contributed by atoms with E-state index in [0.717, 1.165) is 17.1 Å². The van der Waals surface area contributed by atoms with E-state index >= 15 is 0 Å². The molecule has 1 unspecified atom stereocenters. The van der Waals surface area contributed by atoms with Crippen molar-refractivity contribution in [2.45, 2.75) is 26.3 Å². The van der Waals surface area contributed by atoms with Crippen LogP contribution in [-0.2, 0) is 4.79 Å². The molecule has 2 aromatic carbocycles. The standard InChI is InChI=1S/C21H26N2O3S/c1-4-26-18-11-9-17(10-12-18)22-21(25)19(13-14-27-3)23-20(24)16-7-5-15(2)6-8-16/h5-12,19H,4,13-14H2,1-3H3,(H,22,25)(H,23,24). The van der Waals surface area contributed by atoms with E-state index in [-0.39, 0.29) is 11.8 Å². The molecule has 0 fully saturated rings. The molecule has 0 heterocycles. The van der Waals surface area contributed by atoms with Crippen LogP contribution in [0.25, 0.3) is 0 Å². The summed E-state index contributed by atoms with van der Waals surface area (Å²) >= 11 is 1.64. The number of nitrogens with one attached hydrogen (secondary N) is 2. The van der Waals surface area contributed by atoms with Crippen molar-refractivity contribution in [3.63, 3.8) is 0 Å². The molecule has 5 nitrogen and oxygen atoms in total. The Kier molecular flexibility index (Phi) is 8.20. The Morgan fingerprint density at radius 2 is 1.74 bits per heavy atom. The largest absolute Gasteiger partial charge is 0.494 e. The van der Waals surface area contributed by atoms with Crippen molar-refractivity contribution < 1.29 is 14.3 Å². The smallest absolute Gasteiger partial charge is 0.251 e. The van der Waals surface area contributed by atoms with Crippen molar-refractivity contribution >= 4 is 29.3 Å². The molecule has 27 heavy (non-hydrogen) atoms. The second kappa shape index (κ2) is 10.6. The highest BCUT2D eigenvalue weighted by Gasteiger charge is 2.21. The van der Waals surface area contributed by atoms with E-state index in [0.29, 0.717) is 24.3 Å². The predicted octanol–water partition coefficient (Wildman–Crippen LogP) is 3.88. The third kappa shape index (κ3) is 6.64. The van der Waals surface area contributed by atoms with E-state index in [9.17, 15) is 9.59 Å². The van der Waals surface area contributed by atoms with Gasteiger partial charge >= 0.3 is 0 Å². The Morgan fingerprint density at radius 3 is 2.33 bits per heavy atom. The lowest BCUT2D eigenvalue weighted by molar-refractivity contribution is -0.118. The Labute approximate surface area is 164 Å². The molecule has 2 amide bonds. The number of benzene rings is 2. The highest BCUT2D eigenvalue weighted by Crippen LogP contribution is 2.16. The van der Waals surface area contributed by atoms with Gasteiger partial charge in [0.05, 0.1) is 6.61 Å². The topological polar surface area (TPSA) is 67.4 Å². The summed E-state index contributed by atoms with van der Waals surface area (Å²) in [6.07, 6.45) is 2.53. The minimum atomic E-state index is -0.599. The summed E-state index contributed by atoms with van der Waals surface area (Å²) in [7, 11) is 0. The van der Waals surface area contributed by atoms with Crippen LogP contribution in [0.4, 0.5) is 5.69 Å². The van der Waals surface area contributed by atoms with Crippen LogP contribution in [-0.4, -0.2) is 36.5 Å². The maximum Gasteiger partial charge on any atom is 0.251 e. The van der Waals surface area contributed by atoms with Gasteiger partial charge in [-0.2, -0.15) is 11.8 Å². The second-order valence-electron chi connectivity index (χ2n) is 6.12. The fraction of sp³-hybridized carbons (Fsp3) is 0.333. The summed E-state index contributed by atoms with van der Waals surface area (Å²) in [6, 6.07) is 13.9. The van der Waals surface area contributed by atoms with E-state index in [1.165, 1.54) is 0 Å². The lowest BCUT2D eigenvalue weighted by Crippen LogP contribution is -2.44. The molecule has 1 atom stereocenters. The number of carbonyl (C=O) groups excluding carboxylic acids is 2. The summed E-state index contributed by atoms with van der Waals surface area (Å²) in [5.41, 5.74) is 2.30. The highest BCUT2D eigenvalue weighted by molar-refractivity contribution is 7.98. The number of hydrogen-bond donors (Lipinski definition) is 2. The van der Waals surface area contributed by atoms with Gasteiger partial charge in [0.15, 0.2) is 0 Å². The quantitative estimate of drug-likeness (QED) is 0.686. The molecule has 0 aliphatic rings. The zero-order valence-corrected chi connectivity index (χ0v) is 16.8. The number of hydrogen-bond acceptors (Lipinski definition) is 4. The van der Waals surface area contributed by atoms with E-state index in [2.05, 4.69) is 10.6 Å². The van der Waals surface area contributed by atoms with Crippen molar-refractivity contribution in [3.8, 4) is 5.75 Å². The Balaban J connectivity index is 2.03. The first-order valence-corrected chi connectivity index (χ1v) is 10.3. The number of carbonyl (C=O) groups is 2. The minimum absolute atomic E-state index is 0.228. The summed E-state index contributed by atoms with van der Waals surface area (Å²) in [6.45, 7) is 4.48. The number of thioether (sulfide) groups is 1. The fourth-order valence-corrected chi connectivity index (χ4v) is 2.95. The maximum atomic E-state index is 12.7. The molecule has 0 aliphatic carbocycles. The third-order valence-electron chi connectivity index (χ3n) is 3.98.